The van der Waals surface area contributed by atoms with Crippen LogP contribution in [0.1, 0.15) is 95.8 Å². The summed E-state index contributed by atoms with van der Waals surface area (Å²) in [5.41, 5.74) is 10.3. The molecule has 0 spiro atoms. The van der Waals surface area contributed by atoms with E-state index in [2.05, 4.69) is 52.8 Å². The first kappa shape index (κ1) is 19.2. The van der Waals surface area contributed by atoms with E-state index in [0.717, 1.165) is 6.54 Å². The lowest BCUT2D eigenvalue weighted by Crippen LogP contribution is -2.13. The van der Waals surface area contributed by atoms with Gasteiger partial charge in [-0.15, -0.1) is 0 Å². The Hall–Kier alpha value is -0.820. The van der Waals surface area contributed by atoms with Gasteiger partial charge in [0, 0.05) is 0 Å². The zero-order chi connectivity index (χ0) is 15.7. The van der Waals surface area contributed by atoms with Crippen LogP contribution < -0.4 is 5.73 Å². The van der Waals surface area contributed by atoms with E-state index in [1.165, 1.54) is 29.5 Å². The summed E-state index contributed by atoms with van der Waals surface area (Å²) in [4.78, 5) is 0. The Balaban J connectivity index is 0.00000172. The summed E-state index contributed by atoms with van der Waals surface area (Å²) in [5, 5.41) is 0. The minimum absolute atomic E-state index is 0.520. The largest absolute Gasteiger partial charge is 0.330 e. The molecule has 0 fully saturated rings. The van der Waals surface area contributed by atoms with Gasteiger partial charge < -0.3 is 5.73 Å². The van der Waals surface area contributed by atoms with Crippen molar-refractivity contribution >= 4 is 0 Å². The topological polar surface area (TPSA) is 26.0 Å². The maximum atomic E-state index is 5.94. The van der Waals surface area contributed by atoms with Crippen molar-refractivity contribution in [2.75, 3.05) is 6.54 Å². The van der Waals surface area contributed by atoms with Crippen LogP contribution in [0.3, 0.4) is 0 Å². The number of rotatable bonds is 6. The van der Waals surface area contributed by atoms with Crippen molar-refractivity contribution in [3.05, 3.63) is 34.9 Å². The average Bonchev–Trinajstić information content (AvgIpc) is 2.46. The summed E-state index contributed by atoms with van der Waals surface area (Å²) in [6, 6.07) is 7.09. The van der Waals surface area contributed by atoms with Gasteiger partial charge in [0.15, 0.2) is 0 Å². The van der Waals surface area contributed by atoms with Crippen molar-refractivity contribution in [1.82, 2.24) is 0 Å². The van der Waals surface area contributed by atoms with Crippen LogP contribution in [0.25, 0.3) is 0 Å². The fourth-order valence-electron chi connectivity index (χ4n) is 2.37. The molecule has 0 radical (unpaired) electrons. The second-order valence-electron chi connectivity index (χ2n) is 5.96. The molecule has 0 bridgehead atoms. The molecule has 0 saturated carbocycles. The van der Waals surface area contributed by atoms with Gasteiger partial charge in [-0.05, 0) is 47.4 Å². The molecule has 0 amide bonds. The average molecular weight is 277 g/mol. The highest BCUT2D eigenvalue weighted by molar-refractivity contribution is 5.35. The van der Waals surface area contributed by atoms with Crippen LogP contribution in [0.5, 0.6) is 0 Å². The molecular formula is C19H35N. The standard InChI is InChI=1S/C17H29N.C2H6/c1-6-7-14(11-18)17-9-15(12(2)3)8-16(10-17)13(4)5;1-2/h8-10,12-14H,6-7,11,18H2,1-5H3;1-2H3. The molecule has 0 aliphatic heterocycles. The summed E-state index contributed by atoms with van der Waals surface area (Å²) in [7, 11) is 0. The van der Waals surface area contributed by atoms with Crippen molar-refractivity contribution in [3.8, 4) is 0 Å². The first-order chi connectivity index (χ1) is 9.49. The Kier molecular flexibility index (Phi) is 9.58. The van der Waals surface area contributed by atoms with Crippen molar-refractivity contribution in [3.63, 3.8) is 0 Å². The number of hydrogen-bond donors (Lipinski definition) is 1. The highest BCUT2D eigenvalue weighted by atomic mass is 14.5. The highest BCUT2D eigenvalue weighted by Crippen LogP contribution is 2.28. The third-order valence-electron chi connectivity index (χ3n) is 3.73. The molecule has 1 heteroatoms. The fourth-order valence-corrected chi connectivity index (χ4v) is 2.37. The molecule has 116 valence electrons. The van der Waals surface area contributed by atoms with Crippen molar-refractivity contribution < 1.29 is 0 Å². The van der Waals surface area contributed by atoms with Crippen LogP contribution in [0, 0.1) is 0 Å². The van der Waals surface area contributed by atoms with Crippen LogP contribution in [-0.2, 0) is 0 Å². The number of hydrogen-bond acceptors (Lipinski definition) is 1. The van der Waals surface area contributed by atoms with Gasteiger partial charge >= 0.3 is 0 Å². The fraction of sp³-hybridized carbons (Fsp3) is 0.684. The van der Waals surface area contributed by atoms with Gasteiger partial charge in [0.2, 0.25) is 0 Å². The first-order valence-electron chi connectivity index (χ1n) is 8.34. The van der Waals surface area contributed by atoms with Gasteiger partial charge in [-0.3, -0.25) is 0 Å². The number of nitrogens with two attached hydrogens (primary N) is 1. The van der Waals surface area contributed by atoms with E-state index in [1.54, 1.807) is 0 Å². The lowest BCUT2D eigenvalue weighted by atomic mass is 9.87. The SMILES string of the molecule is CC.CCCC(CN)c1cc(C(C)C)cc(C(C)C)c1. The Morgan fingerprint density at radius 3 is 1.55 bits per heavy atom. The molecule has 0 aliphatic carbocycles. The molecule has 1 atom stereocenters. The van der Waals surface area contributed by atoms with Crippen LogP contribution in [0.15, 0.2) is 18.2 Å². The van der Waals surface area contributed by atoms with E-state index in [9.17, 15) is 0 Å². The van der Waals surface area contributed by atoms with Crippen LogP contribution in [0.2, 0.25) is 0 Å². The molecule has 1 nitrogen and oxygen atoms in total. The highest BCUT2D eigenvalue weighted by Gasteiger charge is 2.13. The molecule has 0 aliphatic rings. The van der Waals surface area contributed by atoms with E-state index in [0.29, 0.717) is 17.8 Å². The van der Waals surface area contributed by atoms with Crippen molar-refractivity contribution in [1.29, 1.82) is 0 Å². The zero-order valence-corrected chi connectivity index (χ0v) is 14.7. The molecule has 0 aromatic heterocycles. The molecule has 0 heterocycles. The lowest BCUT2D eigenvalue weighted by molar-refractivity contribution is 0.619. The van der Waals surface area contributed by atoms with Gasteiger partial charge in [0.05, 0.1) is 0 Å². The van der Waals surface area contributed by atoms with Crippen LogP contribution in [0.4, 0.5) is 0 Å². The monoisotopic (exact) mass is 277 g/mol. The predicted octanol–water partition coefficient (Wildman–Crippen LogP) is 5.80. The van der Waals surface area contributed by atoms with E-state index in [4.69, 9.17) is 5.73 Å². The Labute approximate surface area is 127 Å². The summed E-state index contributed by atoms with van der Waals surface area (Å²) in [6.45, 7) is 16.0. The summed E-state index contributed by atoms with van der Waals surface area (Å²) >= 11 is 0. The maximum Gasteiger partial charge on any atom is -0.000824 e. The Bertz CT molecular complexity index is 340. The zero-order valence-electron chi connectivity index (χ0n) is 14.7. The normalized spacial score (nSPS) is 12.3. The van der Waals surface area contributed by atoms with Crippen molar-refractivity contribution in [2.24, 2.45) is 5.73 Å². The smallest absolute Gasteiger partial charge is 0.000824 e. The van der Waals surface area contributed by atoms with E-state index in [-0.39, 0.29) is 0 Å². The minimum atomic E-state index is 0.520. The Morgan fingerprint density at radius 1 is 0.850 bits per heavy atom. The molecule has 1 rings (SSSR count). The molecule has 20 heavy (non-hydrogen) atoms. The quantitative estimate of drug-likeness (QED) is 0.698. The van der Waals surface area contributed by atoms with E-state index >= 15 is 0 Å². The van der Waals surface area contributed by atoms with Crippen molar-refractivity contribution in [2.45, 2.75) is 79.1 Å². The van der Waals surface area contributed by atoms with Crippen LogP contribution >= 0.6 is 0 Å². The van der Waals surface area contributed by atoms with E-state index < -0.39 is 0 Å². The predicted molar refractivity (Wildman–Crippen MR) is 92.7 cm³/mol. The molecule has 1 unspecified atom stereocenters. The lowest BCUT2D eigenvalue weighted by Gasteiger charge is -2.19. The third-order valence-corrected chi connectivity index (χ3v) is 3.73. The molecule has 2 N–H and O–H groups in total. The molecule has 1 aromatic rings. The first-order valence-corrected chi connectivity index (χ1v) is 8.34. The van der Waals surface area contributed by atoms with Gasteiger partial charge in [-0.1, -0.05) is 73.1 Å². The van der Waals surface area contributed by atoms with Gasteiger partial charge in [0.1, 0.15) is 0 Å². The number of benzene rings is 1. The third kappa shape index (κ3) is 5.66. The van der Waals surface area contributed by atoms with Gasteiger partial charge in [-0.25, -0.2) is 0 Å². The maximum absolute atomic E-state index is 5.94. The molecule has 1 aromatic carbocycles. The summed E-state index contributed by atoms with van der Waals surface area (Å²) in [6.07, 6.45) is 2.39. The second kappa shape index (κ2) is 9.99. The summed E-state index contributed by atoms with van der Waals surface area (Å²) < 4.78 is 0. The molecule has 0 saturated heterocycles. The van der Waals surface area contributed by atoms with E-state index in [1.807, 2.05) is 13.8 Å². The second-order valence-corrected chi connectivity index (χ2v) is 5.96. The van der Waals surface area contributed by atoms with Gasteiger partial charge in [-0.2, -0.15) is 0 Å². The Morgan fingerprint density at radius 2 is 1.25 bits per heavy atom. The van der Waals surface area contributed by atoms with Crippen LogP contribution in [-0.4, -0.2) is 6.54 Å². The minimum Gasteiger partial charge on any atom is -0.330 e. The van der Waals surface area contributed by atoms with Gasteiger partial charge in [0.25, 0.3) is 0 Å². The summed E-state index contributed by atoms with van der Waals surface area (Å²) in [5.74, 6) is 1.69. The molecular weight excluding hydrogens is 242 g/mol.